The monoisotopic (exact) mass is 404 g/mol. The highest BCUT2D eigenvalue weighted by Gasteiger charge is 2.22. The van der Waals surface area contributed by atoms with Gasteiger partial charge in [-0.1, -0.05) is 43.2 Å². The van der Waals surface area contributed by atoms with Crippen LogP contribution in [-0.2, 0) is 11.2 Å². The Morgan fingerprint density at radius 3 is 2.87 bits per heavy atom. The van der Waals surface area contributed by atoms with Crippen molar-refractivity contribution < 1.29 is 10.0 Å². The summed E-state index contributed by atoms with van der Waals surface area (Å²) in [6.45, 7) is 2.13. The Bertz CT molecular complexity index is 1010. The van der Waals surface area contributed by atoms with Gasteiger partial charge in [0.05, 0.1) is 11.7 Å². The summed E-state index contributed by atoms with van der Waals surface area (Å²) in [7, 11) is 0. The molecule has 4 rings (SSSR count). The van der Waals surface area contributed by atoms with E-state index in [1.54, 1.807) is 11.6 Å². The van der Waals surface area contributed by atoms with Crippen LogP contribution in [0.15, 0.2) is 60.9 Å². The number of pyridine rings is 1. The number of amides is 1. The zero-order valence-corrected chi connectivity index (χ0v) is 17.1. The molecule has 0 unspecified atom stereocenters. The molecular formula is C24H28N4O2. The summed E-state index contributed by atoms with van der Waals surface area (Å²) >= 11 is 0. The van der Waals surface area contributed by atoms with Crippen molar-refractivity contribution in [2.24, 2.45) is 0 Å². The zero-order valence-electron chi connectivity index (χ0n) is 17.1. The van der Waals surface area contributed by atoms with Gasteiger partial charge in [-0.3, -0.25) is 14.9 Å². The number of hydrogen-bond donors (Lipinski definition) is 2. The van der Waals surface area contributed by atoms with Crippen LogP contribution in [0.25, 0.3) is 11.6 Å². The van der Waals surface area contributed by atoms with Crippen molar-refractivity contribution in [3.63, 3.8) is 0 Å². The van der Waals surface area contributed by atoms with E-state index >= 15 is 0 Å². The highest BCUT2D eigenvalue weighted by Crippen LogP contribution is 2.30. The fraction of sp³-hybridized carbons (Fsp3) is 0.333. The number of hydroxylamine groups is 1. The average molecular weight is 405 g/mol. The lowest BCUT2D eigenvalue weighted by Gasteiger charge is -2.30. The van der Waals surface area contributed by atoms with E-state index in [-0.39, 0.29) is 0 Å². The van der Waals surface area contributed by atoms with Gasteiger partial charge in [0.2, 0.25) is 0 Å². The first-order valence-electron chi connectivity index (χ1n) is 10.6. The number of carbonyl (C=O) groups excluding carboxylic acids is 1. The molecule has 2 N–H and O–H groups in total. The van der Waals surface area contributed by atoms with Crippen molar-refractivity contribution >= 4 is 17.5 Å². The Balaban J connectivity index is 1.47. The first kappa shape index (κ1) is 20.3. The van der Waals surface area contributed by atoms with E-state index in [0.717, 1.165) is 31.5 Å². The second-order valence-corrected chi connectivity index (χ2v) is 7.83. The van der Waals surface area contributed by atoms with Crippen LogP contribution in [0.4, 0.5) is 0 Å². The van der Waals surface area contributed by atoms with Gasteiger partial charge in [-0.05, 0) is 60.7 Å². The third kappa shape index (κ3) is 4.78. The molecule has 1 aromatic carbocycles. The van der Waals surface area contributed by atoms with Crippen LogP contribution in [-0.4, -0.2) is 38.7 Å². The SMILES string of the molecule is O=C(/C=C/c1ccc([C@@H]2CCCCCN2CCc2cnn3ccccc23)cc1)NO. The molecule has 156 valence electrons. The minimum atomic E-state index is -0.526. The minimum Gasteiger partial charge on any atom is -0.296 e. The number of benzene rings is 1. The number of aromatic nitrogens is 2. The van der Waals surface area contributed by atoms with E-state index in [4.69, 9.17) is 5.21 Å². The first-order valence-corrected chi connectivity index (χ1v) is 10.6. The van der Waals surface area contributed by atoms with E-state index in [1.165, 1.54) is 42.0 Å². The highest BCUT2D eigenvalue weighted by atomic mass is 16.5. The van der Waals surface area contributed by atoms with Crippen molar-refractivity contribution in [2.75, 3.05) is 13.1 Å². The quantitative estimate of drug-likeness (QED) is 0.370. The zero-order chi connectivity index (χ0) is 20.8. The lowest BCUT2D eigenvalue weighted by atomic mass is 9.99. The van der Waals surface area contributed by atoms with Crippen molar-refractivity contribution in [3.05, 3.63) is 77.6 Å². The van der Waals surface area contributed by atoms with Gasteiger partial charge in [0, 0.05) is 24.9 Å². The third-order valence-corrected chi connectivity index (χ3v) is 5.90. The Morgan fingerprint density at radius 1 is 1.17 bits per heavy atom. The fourth-order valence-electron chi connectivity index (χ4n) is 4.30. The van der Waals surface area contributed by atoms with Crippen molar-refractivity contribution in [1.82, 2.24) is 20.0 Å². The highest BCUT2D eigenvalue weighted by molar-refractivity contribution is 5.90. The summed E-state index contributed by atoms with van der Waals surface area (Å²) < 4.78 is 1.94. The Labute approximate surface area is 176 Å². The number of likely N-dealkylation sites (tertiary alicyclic amines) is 1. The largest absolute Gasteiger partial charge is 0.296 e. The van der Waals surface area contributed by atoms with Crippen LogP contribution in [0.2, 0.25) is 0 Å². The molecule has 0 bridgehead atoms. The Kier molecular flexibility index (Phi) is 6.57. The lowest BCUT2D eigenvalue weighted by molar-refractivity contribution is -0.124. The van der Waals surface area contributed by atoms with Gasteiger partial charge in [-0.15, -0.1) is 0 Å². The molecular weight excluding hydrogens is 376 g/mol. The van der Waals surface area contributed by atoms with Gasteiger partial charge in [0.25, 0.3) is 5.91 Å². The molecule has 3 aromatic rings. The number of carbonyl (C=O) groups is 1. The molecule has 0 spiro atoms. The molecule has 30 heavy (non-hydrogen) atoms. The molecule has 1 aliphatic rings. The average Bonchev–Trinajstić information content (AvgIpc) is 3.05. The van der Waals surface area contributed by atoms with Crippen LogP contribution in [0.5, 0.6) is 0 Å². The van der Waals surface area contributed by atoms with E-state index in [9.17, 15) is 4.79 Å². The van der Waals surface area contributed by atoms with Crippen LogP contribution in [0.3, 0.4) is 0 Å². The first-order chi connectivity index (χ1) is 14.7. The standard InChI is InChI=1S/C24H28N4O2/c29-24(26-30)13-10-19-8-11-20(12-9-19)22-6-2-1-4-15-27(22)17-14-21-18-25-28-16-5-3-7-23(21)28/h3,5,7-13,16,18,22,30H,1-2,4,6,14-15,17H2,(H,26,29)/b13-10+/t22-/m0/s1. The summed E-state index contributed by atoms with van der Waals surface area (Å²) in [6, 6.07) is 15.0. The smallest absolute Gasteiger partial charge is 0.267 e. The second-order valence-electron chi connectivity index (χ2n) is 7.83. The molecule has 0 saturated carbocycles. The van der Waals surface area contributed by atoms with Gasteiger partial charge < -0.3 is 0 Å². The van der Waals surface area contributed by atoms with Gasteiger partial charge in [-0.2, -0.15) is 5.10 Å². The maximum Gasteiger partial charge on any atom is 0.267 e. The number of nitrogens with zero attached hydrogens (tertiary/aromatic N) is 3. The van der Waals surface area contributed by atoms with Crippen LogP contribution in [0, 0.1) is 0 Å². The van der Waals surface area contributed by atoms with Crippen molar-refractivity contribution in [1.29, 1.82) is 0 Å². The summed E-state index contributed by atoms with van der Waals surface area (Å²) in [5.41, 5.74) is 6.35. The van der Waals surface area contributed by atoms with E-state index in [1.807, 2.05) is 35.1 Å². The molecule has 1 fully saturated rings. The molecule has 0 aliphatic carbocycles. The summed E-state index contributed by atoms with van der Waals surface area (Å²) in [6.07, 6.45) is 12.9. The minimum absolute atomic E-state index is 0.410. The van der Waals surface area contributed by atoms with Gasteiger partial charge in [-0.25, -0.2) is 10.00 Å². The predicted molar refractivity (Wildman–Crippen MR) is 117 cm³/mol. The molecule has 6 heteroatoms. The molecule has 0 radical (unpaired) electrons. The third-order valence-electron chi connectivity index (χ3n) is 5.90. The predicted octanol–water partition coefficient (Wildman–Crippen LogP) is 4.01. The Hall–Kier alpha value is -2.96. The number of nitrogens with one attached hydrogen (secondary N) is 1. The normalized spacial score (nSPS) is 18.0. The molecule has 3 heterocycles. The van der Waals surface area contributed by atoms with Gasteiger partial charge >= 0.3 is 0 Å². The van der Waals surface area contributed by atoms with Crippen molar-refractivity contribution in [2.45, 2.75) is 38.1 Å². The number of hydrogen-bond acceptors (Lipinski definition) is 4. The summed E-state index contributed by atoms with van der Waals surface area (Å²) in [5, 5.41) is 13.1. The summed E-state index contributed by atoms with van der Waals surface area (Å²) in [4.78, 5) is 13.8. The molecule has 2 aromatic heterocycles. The van der Waals surface area contributed by atoms with Crippen molar-refractivity contribution in [3.8, 4) is 0 Å². The maximum atomic E-state index is 11.2. The molecule has 1 atom stereocenters. The maximum absolute atomic E-state index is 11.2. The van der Waals surface area contributed by atoms with E-state index < -0.39 is 5.91 Å². The lowest BCUT2D eigenvalue weighted by Crippen LogP contribution is -2.30. The van der Waals surface area contributed by atoms with Crippen LogP contribution < -0.4 is 5.48 Å². The Morgan fingerprint density at radius 2 is 2.03 bits per heavy atom. The molecule has 1 amide bonds. The molecule has 6 nitrogen and oxygen atoms in total. The van der Waals surface area contributed by atoms with Gasteiger partial charge in [0.15, 0.2) is 0 Å². The molecule has 1 saturated heterocycles. The van der Waals surface area contributed by atoms with Crippen LogP contribution in [0.1, 0.15) is 48.4 Å². The van der Waals surface area contributed by atoms with Crippen LogP contribution >= 0.6 is 0 Å². The second kappa shape index (κ2) is 9.69. The van der Waals surface area contributed by atoms with E-state index in [2.05, 4.69) is 34.3 Å². The summed E-state index contributed by atoms with van der Waals surface area (Å²) in [5.74, 6) is -0.526. The number of fused-ring (bicyclic) bond motifs is 1. The topological polar surface area (TPSA) is 69.9 Å². The fourth-order valence-corrected chi connectivity index (χ4v) is 4.30. The number of rotatable bonds is 6. The van der Waals surface area contributed by atoms with Gasteiger partial charge in [0.1, 0.15) is 0 Å². The van der Waals surface area contributed by atoms with E-state index in [0.29, 0.717) is 6.04 Å². The molecule has 1 aliphatic heterocycles.